The van der Waals surface area contributed by atoms with Crippen LogP contribution in [-0.2, 0) is 18.9 Å². The lowest BCUT2D eigenvalue weighted by atomic mass is 10.2. The minimum atomic E-state index is 0.426. The summed E-state index contributed by atoms with van der Waals surface area (Å²) in [4.78, 5) is 0. The Bertz CT molecular complexity index is 743. The molecule has 3 rings (SSSR count). The van der Waals surface area contributed by atoms with E-state index in [-0.39, 0.29) is 0 Å². The van der Waals surface area contributed by atoms with Crippen molar-refractivity contribution >= 4 is 11.8 Å². The number of aromatic nitrogens is 3. The smallest absolute Gasteiger partial charge is 0.191 e. The molecular formula is C20H23N3OS. The zero-order chi connectivity index (χ0) is 17.6. The molecule has 0 bridgehead atoms. The van der Waals surface area contributed by atoms with Gasteiger partial charge in [0.2, 0.25) is 0 Å². The summed E-state index contributed by atoms with van der Waals surface area (Å²) in [5.74, 6) is 2.59. The van der Waals surface area contributed by atoms with Crippen LogP contribution in [0.5, 0.6) is 5.75 Å². The third-order valence-electron chi connectivity index (χ3n) is 3.99. The number of ether oxygens (including phenoxy) is 1. The second-order valence-corrected chi connectivity index (χ2v) is 6.96. The summed E-state index contributed by atoms with van der Waals surface area (Å²) < 4.78 is 7.96. The maximum atomic E-state index is 5.85. The largest absolute Gasteiger partial charge is 0.486 e. The van der Waals surface area contributed by atoms with Crippen molar-refractivity contribution < 1.29 is 4.74 Å². The van der Waals surface area contributed by atoms with Crippen LogP contribution in [0.15, 0.2) is 53.7 Å². The van der Waals surface area contributed by atoms with Crippen LogP contribution in [-0.4, -0.2) is 14.8 Å². The Labute approximate surface area is 153 Å². The standard InChI is InChI=1S/C20H23N3OS/c1-4-23-19(13-24-18-11-7-16(3)8-12-18)21-22-20(23)25-14-17-9-5-15(2)6-10-17/h5-12H,4,13-14H2,1-3H3. The quantitative estimate of drug-likeness (QED) is 0.573. The van der Waals surface area contributed by atoms with Gasteiger partial charge in [-0.25, -0.2) is 0 Å². The lowest BCUT2D eigenvalue weighted by Crippen LogP contribution is -2.07. The van der Waals surface area contributed by atoms with E-state index in [1.807, 2.05) is 24.3 Å². The lowest BCUT2D eigenvalue weighted by Gasteiger charge is -2.09. The molecule has 1 aromatic heterocycles. The van der Waals surface area contributed by atoms with E-state index in [4.69, 9.17) is 4.74 Å². The van der Waals surface area contributed by atoms with Gasteiger partial charge in [-0.15, -0.1) is 10.2 Å². The molecule has 5 heteroatoms. The first-order valence-corrected chi connectivity index (χ1v) is 9.44. The first-order valence-electron chi connectivity index (χ1n) is 8.45. The van der Waals surface area contributed by atoms with Gasteiger partial charge >= 0.3 is 0 Å². The van der Waals surface area contributed by atoms with Crippen LogP contribution in [0.25, 0.3) is 0 Å². The normalized spacial score (nSPS) is 10.8. The fraction of sp³-hybridized carbons (Fsp3) is 0.300. The number of thioether (sulfide) groups is 1. The molecule has 0 radical (unpaired) electrons. The van der Waals surface area contributed by atoms with Gasteiger partial charge in [0.05, 0.1) is 0 Å². The molecule has 0 N–H and O–H groups in total. The minimum Gasteiger partial charge on any atom is -0.486 e. The molecule has 0 amide bonds. The first-order chi connectivity index (χ1) is 12.2. The van der Waals surface area contributed by atoms with Crippen LogP contribution in [0.1, 0.15) is 29.4 Å². The molecule has 0 spiro atoms. The van der Waals surface area contributed by atoms with Crippen molar-refractivity contribution in [2.75, 3.05) is 0 Å². The van der Waals surface area contributed by atoms with Crippen LogP contribution < -0.4 is 4.74 Å². The van der Waals surface area contributed by atoms with Crippen molar-refractivity contribution in [3.05, 3.63) is 71.0 Å². The maximum absolute atomic E-state index is 5.85. The summed E-state index contributed by atoms with van der Waals surface area (Å²) in [6, 6.07) is 16.7. The molecule has 0 saturated carbocycles. The van der Waals surface area contributed by atoms with Gasteiger partial charge < -0.3 is 9.30 Å². The third kappa shape index (κ3) is 4.63. The number of hydrogen-bond acceptors (Lipinski definition) is 4. The van der Waals surface area contributed by atoms with Crippen molar-refractivity contribution in [1.82, 2.24) is 14.8 Å². The molecule has 0 atom stereocenters. The number of benzene rings is 2. The van der Waals surface area contributed by atoms with E-state index >= 15 is 0 Å². The number of rotatable bonds is 7. The van der Waals surface area contributed by atoms with E-state index in [9.17, 15) is 0 Å². The Balaban J connectivity index is 1.63. The Morgan fingerprint density at radius 1 is 0.920 bits per heavy atom. The summed E-state index contributed by atoms with van der Waals surface area (Å²) >= 11 is 1.71. The molecule has 1 heterocycles. The van der Waals surface area contributed by atoms with E-state index in [0.717, 1.165) is 29.0 Å². The number of nitrogens with zero attached hydrogens (tertiary/aromatic N) is 3. The zero-order valence-electron chi connectivity index (χ0n) is 14.9. The van der Waals surface area contributed by atoms with E-state index in [1.165, 1.54) is 16.7 Å². The topological polar surface area (TPSA) is 39.9 Å². The van der Waals surface area contributed by atoms with Gasteiger partial charge in [-0.05, 0) is 38.5 Å². The van der Waals surface area contributed by atoms with Crippen LogP contribution in [0.2, 0.25) is 0 Å². The number of hydrogen-bond donors (Lipinski definition) is 0. The monoisotopic (exact) mass is 353 g/mol. The van der Waals surface area contributed by atoms with E-state index in [1.54, 1.807) is 11.8 Å². The van der Waals surface area contributed by atoms with Gasteiger partial charge in [0.1, 0.15) is 12.4 Å². The molecule has 0 saturated heterocycles. The highest BCUT2D eigenvalue weighted by Crippen LogP contribution is 2.23. The molecule has 4 nitrogen and oxygen atoms in total. The molecule has 130 valence electrons. The van der Waals surface area contributed by atoms with E-state index in [0.29, 0.717) is 6.61 Å². The molecule has 3 aromatic rings. The summed E-state index contributed by atoms with van der Waals surface area (Å²) in [5.41, 5.74) is 3.79. The molecule has 25 heavy (non-hydrogen) atoms. The van der Waals surface area contributed by atoms with Crippen molar-refractivity contribution in [3.8, 4) is 5.75 Å². The minimum absolute atomic E-state index is 0.426. The molecule has 2 aromatic carbocycles. The zero-order valence-corrected chi connectivity index (χ0v) is 15.7. The number of aryl methyl sites for hydroxylation is 2. The van der Waals surface area contributed by atoms with Gasteiger partial charge in [-0.3, -0.25) is 0 Å². The average Bonchev–Trinajstić information content (AvgIpc) is 3.02. The molecule has 0 aliphatic carbocycles. The predicted octanol–water partition coefficient (Wildman–Crippen LogP) is 4.79. The van der Waals surface area contributed by atoms with E-state index < -0.39 is 0 Å². The van der Waals surface area contributed by atoms with Gasteiger partial charge in [0.15, 0.2) is 11.0 Å². The lowest BCUT2D eigenvalue weighted by molar-refractivity contribution is 0.288. The summed E-state index contributed by atoms with van der Waals surface area (Å²) in [5, 5.41) is 9.59. The van der Waals surface area contributed by atoms with Crippen LogP contribution in [0.3, 0.4) is 0 Å². The molecule has 0 fully saturated rings. The second-order valence-electron chi connectivity index (χ2n) is 6.02. The van der Waals surface area contributed by atoms with Gasteiger partial charge in [-0.2, -0.15) is 0 Å². The van der Waals surface area contributed by atoms with E-state index in [2.05, 4.69) is 59.8 Å². The van der Waals surface area contributed by atoms with Crippen molar-refractivity contribution in [2.24, 2.45) is 0 Å². The van der Waals surface area contributed by atoms with Crippen molar-refractivity contribution in [3.63, 3.8) is 0 Å². The van der Waals surface area contributed by atoms with Crippen LogP contribution in [0.4, 0.5) is 0 Å². The fourth-order valence-corrected chi connectivity index (χ4v) is 3.44. The maximum Gasteiger partial charge on any atom is 0.191 e. The highest BCUT2D eigenvalue weighted by atomic mass is 32.2. The second kappa shape index (κ2) is 8.21. The van der Waals surface area contributed by atoms with Gasteiger partial charge in [0, 0.05) is 12.3 Å². The predicted molar refractivity (Wildman–Crippen MR) is 102 cm³/mol. The molecule has 0 unspecified atom stereocenters. The van der Waals surface area contributed by atoms with Gasteiger partial charge in [-0.1, -0.05) is 59.3 Å². The fourth-order valence-electron chi connectivity index (χ4n) is 2.46. The van der Waals surface area contributed by atoms with Gasteiger partial charge in [0.25, 0.3) is 0 Å². The third-order valence-corrected chi connectivity index (χ3v) is 5.03. The molecule has 0 aliphatic heterocycles. The Morgan fingerprint density at radius 3 is 2.20 bits per heavy atom. The Hall–Kier alpha value is -2.27. The first kappa shape index (κ1) is 17.5. The van der Waals surface area contributed by atoms with Crippen molar-refractivity contribution in [2.45, 2.75) is 44.8 Å². The Kier molecular flexibility index (Phi) is 5.76. The highest BCUT2D eigenvalue weighted by molar-refractivity contribution is 7.98. The Morgan fingerprint density at radius 2 is 1.56 bits per heavy atom. The molecule has 0 aliphatic rings. The average molecular weight is 353 g/mol. The SMILES string of the molecule is CCn1c(COc2ccc(C)cc2)nnc1SCc1ccc(C)cc1. The highest BCUT2D eigenvalue weighted by Gasteiger charge is 2.12. The molecular weight excluding hydrogens is 330 g/mol. The van der Waals surface area contributed by atoms with Crippen LogP contribution in [0, 0.1) is 13.8 Å². The van der Waals surface area contributed by atoms with Crippen LogP contribution >= 0.6 is 11.8 Å². The summed E-state index contributed by atoms with van der Waals surface area (Å²) in [6.45, 7) is 7.53. The summed E-state index contributed by atoms with van der Waals surface area (Å²) in [7, 11) is 0. The van der Waals surface area contributed by atoms with Crippen molar-refractivity contribution in [1.29, 1.82) is 0 Å². The summed E-state index contributed by atoms with van der Waals surface area (Å²) in [6.07, 6.45) is 0.